The van der Waals surface area contributed by atoms with Crippen molar-refractivity contribution in [3.63, 3.8) is 0 Å². The van der Waals surface area contributed by atoms with Crippen LogP contribution in [0.1, 0.15) is 59.3 Å². The standard InChI is InChI=1S/C18H32N2O2S/c1-5-12(2)19-18(22)15-10-13(3)20(17(21)11-23-4)16-9-7-6-8-14(15)16/h12-16H,5-11H2,1-4H3,(H,19,22)/t12-,13-,14+,15+,16-/m0/s1. The van der Waals surface area contributed by atoms with Gasteiger partial charge in [-0.1, -0.05) is 19.8 Å². The van der Waals surface area contributed by atoms with Crippen molar-refractivity contribution >= 4 is 23.6 Å². The molecule has 2 rings (SSSR count). The molecule has 0 bridgehead atoms. The highest BCUT2D eigenvalue weighted by Crippen LogP contribution is 2.41. The molecule has 5 heteroatoms. The summed E-state index contributed by atoms with van der Waals surface area (Å²) in [7, 11) is 0. The average molecular weight is 341 g/mol. The van der Waals surface area contributed by atoms with Gasteiger partial charge < -0.3 is 10.2 Å². The van der Waals surface area contributed by atoms with E-state index in [0.29, 0.717) is 11.7 Å². The molecule has 4 nitrogen and oxygen atoms in total. The molecule has 0 radical (unpaired) electrons. The highest BCUT2D eigenvalue weighted by Gasteiger charge is 2.46. The van der Waals surface area contributed by atoms with Crippen molar-refractivity contribution in [1.82, 2.24) is 10.2 Å². The number of carbonyl (C=O) groups excluding carboxylic acids is 2. The molecule has 1 aliphatic carbocycles. The highest BCUT2D eigenvalue weighted by molar-refractivity contribution is 7.99. The number of hydrogen-bond acceptors (Lipinski definition) is 3. The van der Waals surface area contributed by atoms with Gasteiger partial charge in [-0.05, 0) is 51.7 Å². The first kappa shape index (κ1) is 18.6. The minimum atomic E-state index is 0.0719. The normalized spacial score (nSPS) is 32.1. The van der Waals surface area contributed by atoms with Crippen LogP contribution in [0.5, 0.6) is 0 Å². The Morgan fingerprint density at radius 2 is 2.00 bits per heavy atom. The number of piperidine rings is 1. The molecular weight excluding hydrogens is 308 g/mol. The first-order valence-electron chi connectivity index (χ1n) is 9.10. The lowest BCUT2D eigenvalue weighted by molar-refractivity contribution is -0.147. The smallest absolute Gasteiger partial charge is 0.233 e. The fourth-order valence-corrected chi connectivity index (χ4v) is 4.72. The van der Waals surface area contributed by atoms with Crippen LogP contribution < -0.4 is 5.32 Å². The predicted octanol–water partition coefficient (Wildman–Crippen LogP) is 3.06. The average Bonchev–Trinajstić information content (AvgIpc) is 2.53. The number of fused-ring (bicyclic) bond motifs is 1. The van der Waals surface area contributed by atoms with Crippen LogP contribution in [0.15, 0.2) is 0 Å². The van der Waals surface area contributed by atoms with Gasteiger partial charge >= 0.3 is 0 Å². The Hall–Kier alpha value is -0.710. The van der Waals surface area contributed by atoms with Gasteiger partial charge in [0.2, 0.25) is 11.8 Å². The Labute approximate surface area is 145 Å². The third-order valence-corrected chi connectivity index (χ3v) is 6.15. The molecule has 132 valence electrons. The van der Waals surface area contributed by atoms with E-state index in [1.54, 1.807) is 11.8 Å². The molecule has 1 heterocycles. The Balaban J connectivity index is 2.15. The lowest BCUT2D eigenvalue weighted by Gasteiger charge is -2.51. The zero-order chi connectivity index (χ0) is 17.0. The molecule has 1 saturated heterocycles. The summed E-state index contributed by atoms with van der Waals surface area (Å²) in [5.74, 6) is 1.43. The third kappa shape index (κ3) is 4.23. The molecule has 1 N–H and O–H groups in total. The zero-order valence-electron chi connectivity index (χ0n) is 15.0. The maximum atomic E-state index is 12.8. The monoisotopic (exact) mass is 340 g/mol. The number of amides is 2. The van der Waals surface area contributed by atoms with Crippen LogP contribution in [0, 0.1) is 11.8 Å². The molecule has 0 aromatic rings. The van der Waals surface area contributed by atoms with Gasteiger partial charge in [0.25, 0.3) is 0 Å². The van der Waals surface area contributed by atoms with Crippen molar-refractivity contribution in [1.29, 1.82) is 0 Å². The maximum Gasteiger partial charge on any atom is 0.233 e. The number of carbonyl (C=O) groups is 2. The Kier molecular flexibility index (Phi) is 6.81. The van der Waals surface area contributed by atoms with Crippen molar-refractivity contribution in [3.8, 4) is 0 Å². The van der Waals surface area contributed by atoms with Crippen LogP contribution in [0.3, 0.4) is 0 Å². The first-order valence-corrected chi connectivity index (χ1v) is 10.5. The van der Waals surface area contributed by atoms with Crippen LogP contribution >= 0.6 is 11.8 Å². The van der Waals surface area contributed by atoms with Gasteiger partial charge in [-0.2, -0.15) is 11.8 Å². The largest absolute Gasteiger partial charge is 0.353 e. The number of likely N-dealkylation sites (tertiary alicyclic amines) is 1. The fraction of sp³-hybridized carbons (Fsp3) is 0.889. The predicted molar refractivity (Wildman–Crippen MR) is 96.4 cm³/mol. The van der Waals surface area contributed by atoms with Gasteiger partial charge in [0.05, 0.1) is 5.75 Å². The Morgan fingerprint density at radius 3 is 2.65 bits per heavy atom. The SMILES string of the molecule is CC[C@H](C)NC(=O)[C@@H]1C[C@H](C)N(C(=O)CSC)[C@H]2CCCC[C@H]12. The molecule has 0 aromatic carbocycles. The summed E-state index contributed by atoms with van der Waals surface area (Å²) in [5.41, 5.74) is 0. The van der Waals surface area contributed by atoms with Crippen molar-refractivity contribution in [3.05, 3.63) is 0 Å². The van der Waals surface area contributed by atoms with Gasteiger partial charge in [-0.3, -0.25) is 9.59 Å². The number of nitrogens with zero attached hydrogens (tertiary/aromatic N) is 1. The third-order valence-electron chi connectivity index (χ3n) is 5.62. The topological polar surface area (TPSA) is 49.4 Å². The quantitative estimate of drug-likeness (QED) is 0.837. The van der Waals surface area contributed by atoms with Gasteiger partial charge in [-0.15, -0.1) is 0 Å². The van der Waals surface area contributed by atoms with Crippen molar-refractivity contribution in [2.75, 3.05) is 12.0 Å². The van der Waals surface area contributed by atoms with E-state index in [4.69, 9.17) is 0 Å². The van der Waals surface area contributed by atoms with Gasteiger partial charge in [0.15, 0.2) is 0 Å². The van der Waals surface area contributed by atoms with Crippen molar-refractivity contribution in [2.24, 2.45) is 11.8 Å². The summed E-state index contributed by atoms with van der Waals surface area (Å²) < 4.78 is 0. The number of rotatable bonds is 5. The summed E-state index contributed by atoms with van der Waals surface area (Å²) in [6.45, 7) is 6.28. The van der Waals surface area contributed by atoms with E-state index in [2.05, 4.69) is 31.0 Å². The first-order chi connectivity index (χ1) is 11.0. The second-order valence-corrected chi connectivity index (χ2v) is 8.12. The zero-order valence-corrected chi connectivity index (χ0v) is 15.8. The summed E-state index contributed by atoms with van der Waals surface area (Å²) in [6.07, 6.45) is 8.25. The molecule has 2 aliphatic rings. The van der Waals surface area contributed by atoms with Gasteiger partial charge in [-0.25, -0.2) is 0 Å². The second-order valence-electron chi connectivity index (χ2n) is 7.26. The van der Waals surface area contributed by atoms with Crippen LogP contribution in [0.2, 0.25) is 0 Å². The molecule has 23 heavy (non-hydrogen) atoms. The number of hydrogen-bond donors (Lipinski definition) is 1. The lowest BCUT2D eigenvalue weighted by atomic mass is 9.69. The van der Waals surface area contributed by atoms with E-state index in [0.717, 1.165) is 25.7 Å². The van der Waals surface area contributed by atoms with Gasteiger partial charge in [0.1, 0.15) is 0 Å². The Bertz CT molecular complexity index is 429. The van der Waals surface area contributed by atoms with Crippen molar-refractivity contribution < 1.29 is 9.59 Å². The van der Waals surface area contributed by atoms with E-state index < -0.39 is 0 Å². The molecule has 2 amide bonds. The molecule has 5 atom stereocenters. The molecule has 0 unspecified atom stereocenters. The number of nitrogens with one attached hydrogen (secondary N) is 1. The van der Waals surface area contributed by atoms with Crippen molar-refractivity contribution in [2.45, 2.75) is 77.4 Å². The van der Waals surface area contributed by atoms with Crippen LogP contribution in [-0.4, -0.2) is 46.8 Å². The molecule has 2 fully saturated rings. The minimum absolute atomic E-state index is 0.0719. The van der Waals surface area contributed by atoms with E-state index in [-0.39, 0.29) is 35.9 Å². The van der Waals surface area contributed by atoms with Crippen LogP contribution in [0.25, 0.3) is 0 Å². The molecular formula is C18H32N2O2S. The molecule has 0 aromatic heterocycles. The van der Waals surface area contributed by atoms with Gasteiger partial charge in [0, 0.05) is 24.0 Å². The molecule has 1 saturated carbocycles. The lowest BCUT2D eigenvalue weighted by Crippen LogP contribution is -2.59. The fourth-order valence-electron chi connectivity index (χ4n) is 4.32. The van der Waals surface area contributed by atoms with E-state index in [9.17, 15) is 9.59 Å². The van der Waals surface area contributed by atoms with E-state index >= 15 is 0 Å². The highest BCUT2D eigenvalue weighted by atomic mass is 32.2. The summed E-state index contributed by atoms with van der Waals surface area (Å²) >= 11 is 1.59. The molecule has 1 aliphatic heterocycles. The van der Waals surface area contributed by atoms with Crippen LogP contribution in [-0.2, 0) is 9.59 Å². The van der Waals surface area contributed by atoms with E-state index in [1.165, 1.54) is 12.8 Å². The minimum Gasteiger partial charge on any atom is -0.353 e. The summed E-state index contributed by atoms with van der Waals surface area (Å²) in [6, 6.07) is 0.664. The second kappa shape index (κ2) is 8.41. The van der Waals surface area contributed by atoms with Crippen LogP contribution in [0.4, 0.5) is 0 Å². The van der Waals surface area contributed by atoms with E-state index in [1.807, 2.05) is 6.26 Å². The summed E-state index contributed by atoms with van der Waals surface area (Å²) in [4.78, 5) is 27.4. The maximum absolute atomic E-state index is 12.8. The molecule has 0 spiro atoms. The Morgan fingerprint density at radius 1 is 1.30 bits per heavy atom. The number of thioether (sulfide) groups is 1. The summed E-state index contributed by atoms with van der Waals surface area (Å²) in [5, 5.41) is 3.18.